The molecule has 1 aromatic rings. The maximum Gasteiger partial charge on any atom is 0.397 e. The second-order valence-electron chi connectivity index (χ2n) is 10.2. The van der Waals surface area contributed by atoms with Crippen LogP contribution in [0.1, 0.15) is 95.6 Å². The first kappa shape index (κ1) is 29.2. The third kappa shape index (κ3) is 13.8. The van der Waals surface area contributed by atoms with Crippen LogP contribution in [0.4, 0.5) is 0 Å². The van der Waals surface area contributed by atoms with Crippen LogP contribution in [0, 0.1) is 5.92 Å². The summed E-state index contributed by atoms with van der Waals surface area (Å²) < 4.78 is 42.4. The van der Waals surface area contributed by atoms with Crippen LogP contribution in [0.15, 0.2) is 24.3 Å². The molecule has 1 N–H and O–H groups in total. The van der Waals surface area contributed by atoms with E-state index in [-0.39, 0.29) is 6.61 Å². The predicted molar refractivity (Wildman–Crippen MR) is 138 cm³/mol. The largest absolute Gasteiger partial charge is 0.397 e. The summed E-state index contributed by atoms with van der Waals surface area (Å²) in [4.78, 5) is 2.16. The van der Waals surface area contributed by atoms with E-state index >= 15 is 0 Å². The van der Waals surface area contributed by atoms with Crippen molar-refractivity contribution in [2.75, 3.05) is 26.3 Å². The molecule has 0 amide bonds. The molecule has 1 aliphatic heterocycles. The van der Waals surface area contributed by atoms with Crippen LogP contribution in [-0.4, -0.2) is 50.3 Å². The summed E-state index contributed by atoms with van der Waals surface area (Å²) in [6.07, 6.45) is 14.3. The van der Waals surface area contributed by atoms with Crippen molar-refractivity contribution in [3.8, 4) is 0 Å². The highest BCUT2D eigenvalue weighted by Gasteiger charge is 2.23. The Balaban J connectivity index is 1.53. The molecular formula is C27H47NO5S. The summed E-state index contributed by atoms with van der Waals surface area (Å²) >= 11 is 0. The molecule has 1 aliphatic rings. The first-order chi connectivity index (χ1) is 16.3. The summed E-state index contributed by atoms with van der Waals surface area (Å²) in [5.41, 5.74) is 2.59. The minimum atomic E-state index is -4.51. The lowest BCUT2D eigenvalue weighted by atomic mass is 10.00. The fourth-order valence-corrected chi connectivity index (χ4v) is 5.13. The molecule has 0 saturated heterocycles. The van der Waals surface area contributed by atoms with Gasteiger partial charge in [-0.25, -0.2) is 4.18 Å². The standard InChI is InChI=1S/C27H47NO5S/c1-24(2)15-11-9-7-5-3-4-6-8-10-14-20-32-23-27(33-34(29,30)31)22-28-19-18-25-16-12-13-17-26(25)21-28/h12-13,16-17,24,27H,3-11,14-15,18-23H2,1-2H3,(H,29,30,31). The second-order valence-corrected chi connectivity index (χ2v) is 11.2. The number of hydrogen-bond acceptors (Lipinski definition) is 5. The molecule has 0 fully saturated rings. The van der Waals surface area contributed by atoms with Crippen LogP contribution in [0.5, 0.6) is 0 Å². The van der Waals surface area contributed by atoms with E-state index < -0.39 is 16.5 Å². The monoisotopic (exact) mass is 497 g/mol. The highest BCUT2D eigenvalue weighted by atomic mass is 32.3. The summed E-state index contributed by atoms with van der Waals surface area (Å²) in [7, 11) is -4.51. The van der Waals surface area contributed by atoms with E-state index in [0.29, 0.717) is 13.2 Å². The zero-order valence-corrected chi connectivity index (χ0v) is 22.2. The Morgan fingerprint density at radius 2 is 1.50 bits per heavy atom. The number of rotatable bonds is 19. The topological polar surface area (TPSA) is 76.1 Å². The van der Waals surface area contributed by atoms with Crippen LogP contribution in [0.3, 0.4) is 0 Å². The van der Waals surface area contributed by atoms with Gasteiger partial charge in [0.05, 0.1) is 6.61 Å². The SMILES string of the molecule is CC(C)CCCCCCCCCCCCOCC(CN1CCc2ccccc2C1)OS(=O)(=O)O. The summed E-state index contributed by atoms with van der Waals surface area (Å²) in [6.45, 7) is 7.33. The van der Waals surface area contributed by atoms with E-state index in [2.05, 4.69) is 30.9 Å². The van der Waals surface area contributed by atoms with Crippen LogP contribution in [-0.2, 0) is 32.3 Å². The molecule has 34 heavy (non-hydrogen) atoms. The van der Waals surface area contributed by atoms with Gasteiger partial charge >= 0.3 is 10.4 Å². The molecule has 1 aromatic carbocycles. The molecule has 0 aromatic heterocycles. The minimum absolute atomic E-state index is 0.161. The van der Waals surface area contributed by atoms with Gasteiger partial charge in [0.15, 0.2) is 0 Å². The Hall–Kier alpha value is -0.990. The summed E-state index contributed by atoms with van der Waals surface area (Å²) in [5, 5.41) is 0. The summed E-state index contributed by atoms with van der Waals surface area (Å²) in [5.74, 6) is 0.831. The van der Waals surface area contributed by atoms with Crippen LogP contribution in [0.2, 0.25) is 0 Å². The van der Waals surface area contributed by atoms with Crippen molar-refractivity contribution in [3.63, 3.8) is 0 Å². The fraction of sp³-hybridized carbons (Fsp3) is 0.778. The number of hydrogen-bond donors (Lipinski definition) is 1. The molecule has 0 bridgehead atoms. The van der Waals surface area contributed by atoms with E-state index in [9.17, 15) is 13.0 Å². The average molecular weight is 498 g/mol. The first-order valence-electron chi connectivity index (χ1n) is 13.4. The Morgan fingerprint density at radius 1 is 0.912 bits per heavy atom. The normalized spacial score (nSPS) is 15.5. The number of fused-ring (bicyclic) bond motifs is 1. The van der Waals surface area contributed by atoms with E-state index in [1.54, 1.807) is 0 Å². The molecule has 0 aliphatic carbocycles. The van der Waals surface area contributed by atoms with Crippen molar-refractivity contribution in [1.29, 1.82) is 0 Å². The van der Waals surface area contributed by atoms with Gasteiger partial charge in [0.25, 0.3) is 0 Å². The Bertz CT molecular complexity index is 768. The summed E-state index contributed by atoms with van der Waals surface area (Å²) in [6, 6.07) is 8.30. The van der Waals surface area contributed by atoms with Crippen LogP contribution in [0.25, 0.3) is 0 Å². The maximum atomic E-state index is 11.3. The van der Waals surface area contributed by atoms with E-state index in [0.717, 1.165) is 38.3 Å². The van der Waals surface area contributed by atoms with E-state index in [1.807, 2.05) is 12.1 Å². The third-order valence-corrected chi connectivity index (χ3v) is 7.07. The van der Waals surface area contributed by atoms with Gasteiger partial charge in [0.1, 0.15) is 6.10 Å². The van der Waals surface area contributed by atoms with Crippen molar-refractivity contribution in [1.82, 2.24) is 4.90 Å². The van der Waals surface area contributed by atoms with Crippen LogP contribution >= 0.6 is 0 Å². The van der Waals surface area contributed by atoms with Gasteiger partial charge in [-0.05, 0) is 29.9 Å². The molecule has 196 valence electrons. The van der Waals surface area contributed by atoms with Crippen molar-refractivity contribution >= 4 is 10.4 Å². The quantitative estimate of drug-likeness (QED) is 0.181. The van der Waals surface area contributed by atoms with Gasteiger partial charge in [-0.1, -0.05) is 102 Å². The highest BCUT2D eigenvalue weighted by molar-refractivity contribution is 7.80. The third-order valence-electron chi connectivity index (χ3n) is 6.55. The number of benzene rings is 1. The number of ether oxygens (including phenoxy) is 1. The average Bonchev–Trinajstić information content (AvgIpc) is 2.78. The smallest absolute Gasteiger partial charge is 0.379 e. The molecule has 0 saturated carbocycles. The number of unbranched alkanes of at least 4 members (excludes halogenated alkanes) is 9. The molecule has 7 heteroatoms. The van der Waals surface area contributed by atoms with Gasteiger partial charge in [0.2, 0.25) is 0 Å². The lowest BCUT2D eigenvalue weighted by molar-refractivity contribution is 0.0240. The molecule has 6 nitrogen and oxygen atoms in total. The minimum Gasteiger partial charge on any atom is -0.379 e. The van der Waals surface area contributed by atoms with Gasteiger partial charge in [0, 0.05) is 26.2 Å². The Morgan fingerprint density at radius 3 is 2.12 bits per heavy atom. The Kier molecular flexibility index (Phi) is 14.3. The van der Waals surface area contributed by atoms with Gasteiger partial charge < -0.3 is 4.74 Å². The lowest BCUT2D eigenvalue weighted by Gasteiger charge is -2.31. The first-order valence-corrected chi connectivity index (χ1v) is 14.7. The van der Waals surface area contributed by atoms with Crippen LogP contribution < -0.4 is 0 Å². The second kappa shape index (κ2) is 16.6. The van der Waals surface area contributed by atoms with Crippen molar-refractivity contribution in [2.45, 2.75) is 104 Å². The van der Waals surface area contributed by atoms with E-state index in [1.165, 1.54) is 68.9 Å². The van der Waals surface area contributed by atoms with Crippen molar-refractivity contribution in [3.05, 3.63) is 35.4 Å². The predicted octanol–water partition coefficient (Wildman–Crippen LogP) is 6.20. The van der Waals surface area contributed by atoms with Gasteiger partial charge in [-0.2, -0.15) is 8.42 Å². The molecule has 1 heterocycles. The molecule has 0 spiro atoms. The van der Waals surface area contributed by atoms with Crippen molar-refractivity contribution < 1.29 is 21.9 Å². The molecular weight excluding hydrogens is 450 g/mol. The highest BCUT2D eigenvalue weighted by Crippen LogP contribution is 2.19. The zero-order chi connectivity index (χ0) is 24.7. The molecule has 0 radical (unpaired) electrons. The van der Waals surface area contributed by atoms with E-state index in [4.69, 9.17) is 8.92 Å². The molecule has 1 unspecified atom stereocenters. The molecule has 1 atom stereocenters. The zero-order valence-electron chi connectivity index (χ0n) is 21.4. The lowest BCUT2D eigenvalue weighted by Crippen LogP contribution is -2.40. The number of nitrogens with zero attached hydrogens (tertiary/aromatic N) is 1. The fourth-order valence-electron chi connectivity index (χ4n) is 4.67. The Labute approximate surface area is 208 Å². The van der Waals surface area contributed by atoms with Crippen molar-refractivity contribution in [2.24, 2.45) is 5.92 Å². The van der Waals surface area contributed by atoms with Gasteiger partial charge in [-0.15, -0.1) is 0 Å². The van der Waals surface area contributed by atoms with Gasteiger partial charge in [-0.3, -0.25) is 9.45 Å². The maximum absolute atomic E-state index is 11.3. The molecule has 2 rings (SSSR count).